The van der Waals surface area contributed by atoms with Crippen LogP contribution >= 0.6 is 11.6 Å². The van der Waals surface area contributed by atoms with E-state index in [1.165, 1.54) is 0 Å². The van der Waals surface area contributed by atoms with Gasteiger partial charge in [0.05, 0.1) is 10.5 Å². The molecule has 0 aromatic carbocycles. The summed E-state index contributed by atoms with van der Waals surface area (Å²) in [6.45, 7) is 4.16. The third-order valence-corrected chi connectivity index (χ3v) is 2.40. The molecule has 0 bridgehead atoms. The van der Waals surface area contributed by atoms with Crippen molar-refractivity contribution < 1.29 is 0 Å². The number of nitrogens with zero attached hydrogens (tertiary/aromatic N) is 2. The number of anilines is 1. The normalized spacial score (nSPS) is 11.4. The van der Waals surface area contributed by atoms with Crippen molar-refractivity contribution in [1.29, 1.82) is 0 Å². The lowest BCUT2D eigenvalue weighted by Gasteiger charge is -2.03. The highest BCUT2D eigenvalue weighted by atomic mass is 35.5. The molecule has 74 valence electrons. The molecule has 0 unspecified atom stereocenters. The Morgan fingerprint density at radius 2 is 2.14 bits per heavy atom. The van der Waals surface area contributed by atoms with Crippen molar-refractivity contribution in [3.05, 3.63) is 29.2 Å². The maximum atomic E-state index is 5.92. The fraction of sp³-hybridized carbons (Fsp3) is 0.300. The minimum absolute atomic E-state index is 0.332. The van der Waals surface area contributed by atoms with E-state index in [-0.39, 0.29) is 0 Å². The van der Waals surface area contributed by atoms with E-state index in [0.717, 1.165) is 11.3 Å². The molecule has 0 spiro atoms. The standard InChI is InChI=1S/C10H12ClN3/c1-6(2)10-13-9(12)8-4-3-7(11)5-14(8)10/h3-6H,12H2,1-2H3. The third-order valence-electron chi connectivity index (χ3n) is 2.17. The molecule has 0 aliphatic heterocycles. The Balaban J connectivity index is 2.79. The van der Waals surface area contributed by atoms with Crippen molar-refractivity contribution in [3.8, 4) is 0 Å². The minimum Gasteiger partial charge on any atom is -0.382 e. The Morgan fingerprint density at radius 1 is 1.43 bits per heavy atom. The second-order valence-electron chi connectivity index (χ2n) is 3.61. The minimum atomic E-state index is 0.332. The second kappa shape index (κ2) is 3.17. The number of imidazole rings is 1. The Hall–Kier alpha value is -1.22. The van der Waals surface area contributed by atoms with Gasteiger partial charge in [0.1, 0.15) is 11.6 Å². The monoisotopic (exact) mass is 209 g/mol. The Labute approximate surface area is 87.5 Å². The van der Waals surface area contributed by atoms with Crippen LogP contribution in [0.3, 0.4) is 0 Å². The van der Waals surface area contributed by atoms with E-state index < -0.39 is 0 Å². The highest BCUT2D eigenvalue weighted by Gasteiger charge is 2.11. The van der Waals surface area contributed by atoms with Gasteiger partial charge in [-0.1, -0.05) is 25.4 Å². The van der Waals surface area contributed by atoms with E-state index in [1.807, 2.05) is 22.7 Å². The van der Waals surface area contributed by atoms with Crippen molar-refractivity contribution in [2.45, 2.75) is 19.8 Å². The molecule has 0 saturated carbocycles. The van der Waals surface area contributed by atoms with Crippen molar-refractivity contribution in [1.82, 2.24) is 9.38 Å². The molecule has 3 nitrogen and oxygen atoms in total. The summed E-state index contributed by atoms with van der Waals surface area (Å²) >= 11 is 5.92. The molecule has 0 aliphatic carbocycles. The molecule has 0 aliphatic rings. The summed E-state index contributed by atoms with van der Waals surface area (Å²) in [6, 6.07) is 3.70. The average molecular weight is 210 g/mol. The molecule has 0 radical (unpaired) electrons. The first kappa shape index (κ1) is 9.34. The van der Waals surface area contributed by atoms with Crippen LogP contribution in [0.1, 0.15) is 25.6 Å². The van der Waals surface area contributed by atoms with E-state index in [9.17, 15) is 0 Å². The molecule has 2 N–H and O–H groups in total. The number of hydrogen-bond acceptors (Lipinski definition) is 2. The lowest BCUT2D eigenvalue weighted by Crippen LogP contribution is -1.96. The lowest BCUT2D eigenvalue weighted by molar-refractivity contribution is 0.771. The Morgan fingerprint density at radius 3 is 2.79 bits per heavy atom. The van der Waals surface area contributed by atoms with Crippen LogP contribution < -0.4 is 5.73 Å². The van der Waals surface area contributed by atoms with Gasteiger partial charge in [-0.2, -0.15) is 0 Å². The van der Waals surface area contributed by atoms with E-state index in [4.69, 9.17) is 17.3 Å². The summed E-state index contributed by atoms with van der Waals surface area (Å²) in [4.78, 5) is 4.31. The van der Waals surface area contributed by atoms with E-state index in [2.05, 4.69) is 18.8 Å². The van der Waals surface area contributed by atoms with Crippen LogP contribution in [0, 0.1) is 0 Å². The molecule has 2 heterocycles. The maximum Gasteiger partial charge on any atom is 0.149 e. The quantitative estimate of drug-likeness (QED) is 0.785. The van der Waals surface area contributed by atoms with Gasteiger partial charge in [0.2, 0.25) is 0 Å². The van der Waals surface area contributed by atoms with Crippen LogP contribution in [-0.4, -0.2) is 9.38 Å². The smallest absolute Gasteiger partial charge is 0.149 e. The largest absolute Gasteiger partial charge is 0.382 e. The van der Waals surface area contributed by atoms with E-state index >= 15 is 0 Å². The number of nitrogens with two attached hydrogens (primary N) is 1. The predicted octanol–water partition coefficient (Wildman–Crippen LogP) is 2.69. The number of fused-ring (bicyclic) bond motifs is 1. The number of rotatable bonds is 1. The van der Waals surface area contributed by atoms with Gasteiger partial charge in [0.25, 0.3) is 0 Å². The van der Waals surface area contributed by atoms with Crippen LogP contribution in [0.25, 0.3) is 5.52 Å². The molecule has 0 atom stereocenters. The molecular formula is C10H12ClN3. The summed E-state index contributed by atoms with van der Waals surface area (Å²) < 4.78 is 1.95. The molecule has 2 aromatic rings. The Bertz CT molecular complexity index is 473. The molecular weight excluding hydrogens is 198 g/mol. The van der Waals surface area contributed by atoms with Crippen molar-refractivity contribution in [2.75, 3.05) is 5.73 Å². The molecule has 0 saturated heterocycles. The van der Waals surface area contributed by atoms with Gasteiger partial charge in [-0.15, -0.1) is 0 Å². The fourth-order valence-electron chi connectivity index (χ4n) is 1.51. The second-order valence-corrected chi connectivity index (χ2v) is 4.05. The van der Waals surface area contributed by atoms with Crippen LogP contribution in [-0.2, 0) is 0 Å². The number of aromatic nitrogens is 2. The summed E-state index contributed by atoms with van der Waals surface area (Å²) in [7, 11) is 0. The maximum absolute atomic E-state index is 5.92. The Kier molecular flexibility index (Phi) is 2.11. The first-order valence-electron chi connectivity index (χ1n) is 4.52. The van der Waals surface area contributed by atoms with Crippen molar-refractivity contribution in [2.24, 2.45) is 0 Å². The van der Waals surface area contributed by atoms with Gasteiger partial charge >= 0.3 is 0 Å². The summed E-state index contributed by atoms with van der Waals surface area (Å²) in [5.74, 6) is 1.84. The fourth-order valence-corrected chi connectivity index (χ4v) is 1.68. The lowest BCUT2D eigenvalue weighted by atomic mass is 10.2. The van der Waals surface area contributed by atoms with Crippen LogP contribution in [0.2, 0.25) is 5.02 Å². The topological polar surface area (TPSA) is 43.3 Å². The summed E-state index contributed by atoms with van der Waals surface area (Å²) in [6.07, 6.45) is 1.84. The highest BCUT2D eigenvalue weighted by molar-refractivity contribution is 6.30. The predicted molar refractivity (Wildman–Crippen MR) is 58.7 cm³/mol. The molecule has 4 heteroatoms. The van der Waals surface area contributed by atoms with Gasteiger partial charge in [-0.25, -0.2) is 4.98 Å². The van der Waals surface area contributed by atoms with Crippen molar-refractivity contribution >= 4 is 22.9 Å². The van der Waals surface area contributed by atoms with Gasteiger partial charge in [-0.3, -0.25) is 4.40 Å². The van der Waals surface area contributed by atoms with Gasteiger partial charge in [0.15, 0.2) is 0 Å². The zero-order valence-corrected chi connectivity index (χ0v) is 8.92. The first-order chi connectivity index (χ1) is 6.59. The molecule has 2 aromatic heterocycles. The number of pyridine rings is 1. The molecule has 14 heavy (non-hydrogen) atoms. The van der Waals surface area contributed by atoms with Gasteiger partial charge in [-0.05, 0) is 12.1 Å². The van der Waals surface area contributed by atoms with E-state index in [1.54, 1.807) is 0 Å². The van der Waals surface area contributed by atoms with Crippen molar-refractivity contribution in [3.63, 3.8) is 0 Å². The zero-order valence-electron chi connectivity index (χ0n) is 8.16. The van der Waals surface area contributed by atoms with Crippen LogP contribution in [0.5, 0.6) is 0 Å². The highest BCUT2D eigenvalue weighted by Crippen LogP contribution is 2.22. The van der Waals surface area contributed by atoms with Gasteiger partial charge < -0.3 is 5.73 Å². The average Bonchev–Trinajstić information content (AvgIpc) is 2.43. The molecule has 0 amide bonds. The van der Waals surface area contributed by atoms with E-state index in [0.29, 0.717) is 16.8 Å². The first-order valence-corrected chi connectivity index (χ1v) is 4.90. The third kappa shape index (κ3) is 1.34. The molecule has 0 fully saturated rings. The zero-order chi connectivity index (χ0) is 10.3. The summed E-state index contributed by atoms with van der Waals surface area (Å²) in [5.41, 5.74) is 6.70. The van der Waals surface area contributed by atoms with Gasteiger partial charge in [0, 0.05) is 12.1 Å². The SMILES string of the molecule is CC(C)c1nc(N)c2ccc(Cl)cn12. The van der Waals surface area contributed by atoms with Crippen LogP contribution in [0.4, 0.5) is 5.82 Å². The number of nitrogen functional groups attached to an aromatic ring is 1. The molecule has 2 rings (SSSR count). The summed E-state index contributed by atoms with van der Waals surface area (Å²) in [5, 5.41) is 0.691. The number of halogens is 1. The number of hydrogen-bond donors (Lipinski definition) is 1. The van der Waals surface area contributed by atoms with Crippen LogP contribution in [0.15, 0.2) is 18.3 Å².